The average molecular weight is 331 g/mol. The molecule has 0 aliphatic rings. The van der Waals surface area contributed by atoms with E-state index < -0.39 is 17.8 Å². The second kappa shape index (κ2) is 8.10. The fraction of sp³-hybridized carbons (Fsp3) is 0.167. The van der Waals surface area contributed by atoms with Crippen molar-refractivity contribution < 1.29 is 23.1 Å². The average Bonchev–Trinajstić information content (AvgIpc) is 2.61. The fourth-order valence-electron chi connectivity index (χ4n) is 1.95. The summed E-state index contributed by atoms with van der Waals surface area (Å²) < 4.78 is 29.6. The van der Waals surface area contributed by atoms with Gasteiger partial charge in [0.2, 0.25) is 5.78 Å². The van der Waals surface area contributed by atoms with E-state index in [9.17, 15) is 18.4 Å². The molecule has 0 bridgehead atoms. The minimum absolute atomic E-state index is 0.00806. The second-order valence-electron chi connectivity index (χ2n) is 5.02. The molecular formula is C18H15F2NO3. The second-order valence-corrected chi connectivity index (χ2v) is 5.02. The highest BCUT2D eigenvalue weighted by Crippen LogP contribution is 2.15. The van der Waals surface area contributed by atoms with E-state index in [-0.39, 0.29) is 29.9 Å². The Hall–Kier alpha value is -2.89. The lowest BCUT2D eigenvalue weighted by atomic mass is 10.0. The van der Waals surface area contributed by atoms with Gasteiger partial charge >= 0.3 is 5.97 Å². The SMILES string of the molecule is CC(CCOC(=O)c1cccnc1C(=O)c1ccccc1)=C(F)F. The molecular weight excluding hydrogens is 316 g/mol. The molecule has 0 saturated carbocycles. The van der Waals surface area contributed by atoms with Gasteiger partial charge in [-0.15, -0.1) is 0 Å². The minimum Gasteiger partial charge on any atom is -0.462 e. The molecule has 2 rings (SSSR count). The first-order valence-electron chi connectivity index (χ1n) is 7.23. The van der Waals surface area contributed by atoms with Crippen LogP contribution in [0, 0.1) is 0 Å². The molecule has 0 unspecified atom stereocenters. The van der Waals surface area contributed by atoms with Crippen molar-refractivity contribution in [1.29, 1.82) is 0 Å². The predicted molar refractivity (Wildman–Crippen MR) is 83.9 cm³/mol. The number of aromatic nitrogens is 1. The Kier molecular flexibility index (Phi) is 5.89. The van der Waals surface area contributed by atoms with Gasteiger partial charge in [-0.25, -0.2) is 4.79 Å². The van der Waals surface area contributed by atoms with Crippen molar-refractivity contribution >= 4 is 11.8 Å². The molecule has 4 nitrogen and oxygen atoms in total. The van der Waals surface area contributed by atoms with Crippen LogP contribution in [-0.2, 0) is 4.74 Å². The molecule has 124 valence electrons. The third kappa shape index (κ3) is 4.32. The minimum atomic E-state index is -1.78. The summed E-state index contributed by atoms with van der Waals surface area (Å²) in [5.41, 5.74) is 0.226. The zero-order chi connectivity index (χ0) is 17.5. The molecule has 0 aliphatic carbocycles. The van der Waals surface area contributed by atoms with Crippen molar-refractivity contribution in [2.75, 3.05) is 6.61 Å². The molecule has 0 spiro atoms. The Morgan fingerprint density at radius 3 is 2.46 bits per heavy atom. The topological polar surface area (TPSA) is 56.3 Å². The number of hydrogen-bond acceptors (Lipinski definition) is 4. The first kappa shape index (κ1) is 17.5. The van der Waals surface area contributed by atoms with Crippen LogP contribution in [0.25, 0.3) is 0 Å². The maximum atomic E-state index is 12.5. The van der Waals surface area contributed by atoms with Crippen LogP contribution in [0.1, 0.15) is 39.8 Å². The number of carbonyl (C=O) groups is 2. The molecule has 6 heteroatoms. The van der Waals surface area contributed by atoms with Gasteiger partial charge in [-0.05, 0) is 24.6 Å². The van der Waals surface area contributed by atoms with Gasteiger partial charge in [-0.1, -0.05) is 30.3 Å². The number of nitrogens with zero attached hydrogens (tertiary/aromatic N) is 1. The van der Waals surface area contributed by atoms with Crippen LogP contribution in [0.4, 0.5) is 8.78 Å². The number of carbonyl (C=O) groups excluding carboxylic acids is 2. The van der Waals surface area contributed by atoms with Crippen molar-refractivity contribution in [3.63, 3.8) is 0 Å². The molecule has 1 aromatic carbocycles. The number of benzene rings is 1. The van der Waals surface area contributed by atoms with Gasteiger partial charge in [0.25, 0.3) is 6.08 Å². The number of halogens is 2. The van der Waals surface area contributed by atoms with Gasteiger partial charge in [0.1, 0.15) is 5.69 Å². The normalized spacial score (nSPS) is 10.1. The van der Waals surface area contributed by atoms with Crippen LogP contribution in [0.2, 0.25) is 0 Å². The van der Waals surface area contributed by atoms with E-state index >= 15 is 0 Å². The van der Waals surface area contributed by atoms with Crippen molar-refractivity contribution in [2.24, 2.45) is 0 Å². The summed E-state index contributed by atoms with van der Waals surface area (Å²) in [6.07, 6.45) is -0.457. The molecule has 0 N–H and O–H groups in total. The molecule has 2 aromatic rings. The van der Waals surface area contributed by atoms with Crippen LogP contribution >= 0.6 is 0 Å². The van der Waals surface area contributed by atoms with E-state index in [1.54, 1.807) is 30.3 Å². The third-order valence-corrected chi connectivity index (χ3v) is 3.31. The van der Waals surface area contributed by atoms with E-state index in [1.807, 2.05) is 0 Å². The number of ketones is 1. The van der Waals surface area contributed by atoms with Gasteiger partial charge in [-0.2, -0.15) is 8.78 Å². The number of rotatable bonds is 6. The Morgan fingerprint density at radius 1 is 1.08 bits per heavy atom. The highest BCUT2D eigenvalue weighted by atomic mass is 19.3. The van der Waals surface area contributed by atoms with Crippen LogP contribution in [0.5, 0.6) is 0 Å². The first-order chi connectivity index (χ1) is 11.5. The largest absolute Gasteiger partial charge is 0.462 e. The van der Waals surface area contributed by atoms with Gasteiger partial charge in [0, 0.05) is 18.2 Å². The number of esters is 1. The van der Waals surface area contributed by atoms with Crippen molar-refractivity contribution in [2.45, 2.75) is 13.3 Å². The molecule has 0 amide bonds. The molecule has 1 aromatic heterocycles. The highest BCUT2D eigenvalue weighted by molar-refractivity contribution is 6.13. The number of hydrogen-bond donors (Lipinski definition) is 0. The highest BCUT2D eigenvalue weighted by Gasteiger charge is 2.20. The zero-order valence-corrected chi connectivity index (χ0v) is 13.0. The summed E-state index contributed by atoms with van der Waals surface area (Å²) >= 11 is 0. The number of pyridine rings is 1. The van der Waals surface area contributed by atoms with E-state index in [1.165, 1.54) is 25.3 Å². The molecule has 0 saturated heterocycles. The summed E-state index contributed by atoms with van der Waals surface area (Å²) in [5.74, 6) is -1.18. The maximum Gasteiger partial charge on any atom is 0.340 e. The van der Waals surface area contributed by atoms with E-state index in [0.29, 0.717) is 5.56 Å². The zero-order valence-electron chi connectivity index (χ0n) is 13.0. The molecule has 0 radical (unpaired) electrons. The molecule has 0 atom stereocenters. The van der Waals surface area contributed by atoms with Crippen molar-refractivity contribution in [3.05, 3.63) is 77.1 Å². The summed E-state index contributed by atoms with van der Waals surface area (Å²) in [5, 5.41) is 0. The summed E-state index contributed by atoms with van der Waals surface area (Å²) in [6.45, 7) is 1.06. The smallest absolute Gasteiger partial charge is 0.340 e. The molecule has 1 heterocycles. The molecule has 0 fully saturated rings. The van der Waals surface area contributed by atoms with Gasteiger partial charge in [-0.3, -0.25) is 9.78 Å². The summed E-state index contributed by atoms with van der Waals surface area (Å²) in [4.78, 5) is 28.6. The van der Waals surface area contributed by atoms with Gasteiger partial charge in [0.05, 0.1) is 12.2 Å². The first-order valence-corrected chi connectivity index (χ1v) is 7.23. The van der Waals surface area contributed by atoms with Crippen LogP contribution < -0.4 is 0 Å². The van der Waals surface area contributed by atoms with Crippen molar-refractivity contribution in [1.82, 2.24) is 4.98 Å². The maximum absolute atomic E-state index is 12.5. The van der Waals surface area contributed by atoms with E-state index in [2.05, 4.69) is 4.98 Å². The monoisotopic (exact) mass is 331 g/mol. The Balaban J connectivity index is 2.15. The van der Waals surface area contributed by atoms with Gasteiger partial charge in [0.15, 0.2) is 0 Å². The van der Waals surface area contributed by atoms with Crippen molar-refractivity contribution in [3.8, 4) is 0 Å². The van der Waals surface area contributed by atoms with Crippen LogP contribution in [0.3, 0.4) is 0 Å². The Labute approximate surface area is 137 Å². The fourth-order valence-corrected chi connectivity index (χ4v) is 1.95. The Morgan fingerprint density at radius 2 is 1.79 bits per heavy atom. The number of ether oxygens (including phenoxy) is 1. The van der Waals surface area contributed by atoms with E-state index in [4.69, 9.17) is 4.74 Å². The summed E-state index contributed by atoms with van der Waals surface area (Å²) in [7, 11) is 0. The Bertz CT molecular complexity index is 769. The van der Waals surface area contributed by atoms with Crippen LogP contribution in [-0.4, -0.2) is 23.3 Å². The lowest BCUT2D eigenvalue weighted by Crippen LogP contribution is -2.15. The predicted octanol–water partition coefficient (Wildman–Crippen LogP) is 4.03. The molecule has 0 aliphatic heterocycles. The van der Waals surface area contributed by atoms with Gasteiger partial charge < -0.3 is 4.74 Å². The molecule has 24 heavy (non-hydrogen) atoms. The quantitative estimate of drug-likeness (QED) is 0.592. The lowest BCUT2D eigenvalue weighted by molar-refractivity contribution is 0.0504. The standard InChI is InChI=1S/C18H15F2NO3/c1-12(17(19)20)9-11-24-18(23)14-8-5-10-21-15(14)16(22)13-6-3-2-4-7-13/h2-8,10H,9,11H2,1H3. The third-order valence-electron chi connectivity index (χ3n) is 3.31. The lowest BCUT2D eigenvalue weighted by Gasteiger charge is -2.08. The summed E-state index contributed by atoms with van der Waals surface area (Å²) in [6, 6.07) is 11.3. The van der Waals surface area contributed by atoms with Crippen LogP contribution in [0.15, 0.2) is 60.3 Å². The van der Waals surface area contributed by atoms with E-state index in [0.717, 1.165) is 0 Å².